The van der Waals surface area contributed by atoms with E-state index in [-0.39, 0.29) is 17.4 Å². The Balaban J connectivity index is 1.79. The van der Waals surface area contributed by atoms with Crippen molar-refractivity contribution in [2.24, 2.45) is 11.8 Å². The molecule has 0 unspecified atom stereocenters. The number of nitrogens with one attached hydrogen (secondary N) is 2. The molecule has 1 aromatic carbocycles. The van der Waals surface area contributed by atoms with Crippen molar-refractivity contribution in [3.05, 3.63) is 23.8 Å². The molecule has 142 valence electrons. The number of rotatable bonds is 4. The SMILES string of the molecule is C[C@@H]1[C@@H](C)CCC[C@H]1NC(=O)NC(=O)COC(=O)c1ccc(O)cc1O. The van der Waals surface area contributed by atoms with Gasteiger partial charge in [-0.2, -0.15) is 0 Å². The van der Waals surface area contributed by atoms with E-state index in [2.05, 4.69) is 24.5 Å². The van der Waals surface area contributed by atoms with Gasteiger partial charge in [-0.25, -0.2) is 9.59 Å². The monoisotopic (exact) mass is 364 g/mol. The third kappa shape index (κ3) is 5.11. The fourth-order valence-electron chi connectivity index (χ4n) is 3.05. The predicted octanol–water partition coefficient (Wildman–Crippen LogP) is 1.91. The van der Waals surface area contributed by atoms with Crippen LogP contribution < -0.4 is 10.6 Å². The second-order valence-electron chi connectivity index (χ2n) is 6.67. The standard InChI is InChI=1S/C18H24N2O6/c1-10-4-3-5-14(11(10)2)19-18(25)20-16(23)9-26-17(24)13-7-6-12(21)8-15(13)22/h6-8,10-11,14,21-22H,3-5,9H2,1-2H3,(H2,19,20,23,25)/t10-,11+,14+/m0/s1. The van der Waals surface area contributed by atoms with Gasteiger partial charge in [0.15, 0.2) is 6.61 Å². The summed E-state index contributed by atoms with van der Waals surface area (Å²) in [6, 6.07) is 2.74. The van der Waals surface area contributed by atoms with Gasteiger partial charge in [-0.05, 0) is 30.4 Å². The molecule has 1 fully saturated rings. The maximum Gasteiger partial charge on any atom is 0.342 e. The molecule has 3 atom stereocenters. The highest BCUT2D eigenvalue weighted by Gasteiger charge is 2.28. The molecular weight excluding hydrogens is 340 g/mol. The van der Waals surface area contributed by atoms with E-state index in [0.717, 1.165) is 25.3 Å². The first kappa shape index (κ1) is 19.6. The average Bonchev–Trinajstić information content (AvgIpc) is 2.57. The average molecular weight is 364 g/mol. The molecule has 26 heavy (non-hydrogen) atoms. The first-order valence-electron chi connectivity index (χ1n) is 8.57. The van der Waals surface area contributed by atoms with Gasteiger partial charge in [-0.3, -0.25) is 10.1 Å². The van der Waals surface area contributed by atoms with Crippen molar-refractivity contribution in [3.8, 4) is 11.5 Å². The van der Waals surface area contributed by atoms with Crippen LogP contribution in [-0.2, 0) is 9.53 Å². The molecule has 0 spiro atoms. The summed E-state index contributed by atoms with van der Waals surface area (Å²) in [4.78, 5) is 35.5. The summed E-state index contributed by atoms with van der Waals surface area (Å²) in [5, 5.41) is 23.7. The number of esters is 1. The minimum Gasteiger partial charge on any atom is -0.508 e. The highest BCUT2D eigenvalue weighted by Crippen LogP contribution is 2.29. The van der Waals surface area contributed by atoms with Crippen molar-refractivity contribution in [1.82, 2.24) is 10.6 Å². The van der Waals surface area contributed by atoms with Crippen molar-refractivity contribution in [2.45, 2.75) is 39.2 Å². The van der Waals surface area contributed by atoms with E-state index in [4.69, 9.17) is 4.74 Å². The van der Waals surface area contributed by atoms with Crippen LogP contribution in [0.15, 0.2) is 18.2 Å². The highest BCUT2D eigenvalue weighted by atomic mass is 16.5. The zero-order valence-electron chi connectivity index (χ0n) is 14.8. The molecule has 1 saturated carbocycles. The Labute approximate surface area is 151 Å². The maximum atomic E-state index is 11.9. The Kier molecular flexibility index (Phi) is 6.43. The Morgan fingerprint density at radius 1 is 1.19 bits per heavy atom. The second-order valence-corrected chi connectivity index (χ2v) is 6.67. The van der Waals surface area contributed by atoms with Crippen molar-refractivity contribution in [1.29, 1.82) is 0 Å². The largest absolute Gasteiger partial charge is 0.508 e. The molecule has 1 aromatic rings. The van der Waals surface area contributed by atoms with Crippen LogP contribution in [0.4, 0.5) is 4.79 Å². The summed E-state index contributed by atoms with van der Waals surface area (Å²) < 4.78 is 4.77. The quantitative estimate of drug-likeness (QED) is 0.605. The number of carbonyl (C=O) groups excluding carboxylic acids is 3. The van der Waals surface area contributed by atoms with Gasteiger partial charge in [-0.15, -0.1) is 0 Å². The molecule has 0 bridgehead atoms. The molecule has 0 aliphatic heterocycles. The lowest BCUT2D eigenvalue weighted by molar-refractivity contribution is -0.123. The minimum absolute atomic E-state index is 0.00282. The first-order chi connectivity index (χ1) is 12.3. The number of aromatic hydroxyl groups is 2. The third-order valence-electron chi connectivity index (χ3n) is 4.81. The summed E-state index contributed by atoms with van der Waals surface area (Å²) in [6.07, 6.45) is 3.01. The van der Waals surface area contributed by atoms with Gasteiger partial charge in [0.05, 0.1) is 0 Å². The van der Waals surface area contributed by atoms with E-state index in [1.807, 2.05) is 0 Å². The van der Waals surface area contributed by atoms with Crippen LogP contribution in [0, 0.1) is 11.8 Å². The van der Waals surface area contributed by atoms with Crippen LogP contribution >= 0.6 is 0 Å². The predicted molar refractivity (Wildman–Crippen MR) is 92.7 cm³/mol. The molecule has 3 amide bonds. The van der Waals surface area contributed by atoms with Gasteiger partial charge in [-0.1, -0.05) is 26.7 Å². The molecule has 0 radical (unpaired) electrons. The summed E-state index contributed by atoms with van der Waals surface area (Å²) in [5.41, 5.74) is -0.190. The Morgan fingerprint density at radius 2 is 1.92 bits per heavy atom. The summed E-state index contributed by atoms with van der Waals surface area (Å²) >= 11 is 0. The second kappa shape index (κ2) is 8.55. The fourth-order valence-corrected chi connectivity index (χ4v) is 3.05. The molecule has 1 aliphatic carbocycles. The van der Waals surface area contributed by atoms with Gasteiger partial charge in [0.2, 0.25) is 0 Å². The molecule has 8 heteroatoms. The van der Waals surface area contributed by atoms with Gasteiger partial charge in [0.25, 0.3) is 5.91 Å². The first-order valence-corrected chi connectivity index (χ1v) is 8.57. The zero-order valence-corrected chi connectivity index (χ0v) is 14.8. The number of imide groups is 1. The maximum absolute atomic E-state index is 11.9. The van der Waals surface area contributed by atoms with Gasteiger partial charge < -0.3 is 20.3 Å². The van der Waals surface area contributed by atoms with E-state index in [1.54, 1.807) is 0 Å². The summed E-state index contributed by atoms with van der Waals surface area (Å²) in [5.74, 6) is -1.56. The van der Waals surface area contributed by atoms with Crippen LogP contribution in [0.2, 0.25) is 0 Å². The van der Waals surface area contributed by atoms with Crippen molar-refractivity contribution in [3.63, 3.8) is 0 Å². The fraction of sp³-hybridized carbons (Fsp3) is 0.500. The molecule has 1 aliphatic rings. The number of urea groups is 1. The highest BCUT2D eigenvalue weighted by molar-refractivity contribution is 5.97. The van der Waals surface area contributed by atoms with Crippen LogP contribution in [0.3, 0.4) is 0 Å². The topological polar surface area (TPSA) is 125 Å². The lowest BCUT2D eigenvalue weighted by atomic mass is 9.78. The summed E-state index contributed by atoms with van der Waals surface area (Å²) in [6.45, 7) is 3.55. The van der Waals surface area contributed by atoms with Gasteiger partial charge in [0.1, 0.15) is 17.1 Å². The molecule has 4 N–H and O–H groups in total. The number of hydrogen-bond acceptors (Lipinski definition) is 6. The van der Waals surface area contributed by atoms with Crippen LogP contribution in [0.25, 0.3) is 0 Å². The number of amides is 3. The molecular formula is C18H24N2O6. The molecule has 8 nitrogen and oxygen atoms in total. The van der Waals surface area contributed by atoms with E-state index in [0.29, 0.717) is 11.8 Å². The zero-order chi connectivity index (χ0) is 19.3. The normalized spacial score (nSPS) is 22.3. The Bertz CT molecular complexity index is 690. The number of phenolic OH excluding ortho intramolecular Hbond substituents is 2. The van der Waals surface area contributed by atoms with E-state index < -0.39 is 30.3 Å². The lowest BCUT2D eigenvalue weighted by Crippen LogP contribution is -2.49. The molecule has 2 rings (SSSR count). The number of hydrogen-bond donors (Lipinski definition) is 4. The number of phenols is 2. The smallest absolute Gasteiger partial charge is 0.342 e. The number of ether oxygens (including phenoxy) is 1. The minimum atomic E-state index is -0.937. The van der Waals surface area contributed by atoms with Crippen LogP contribution in [0.1, 0.15) is 43.5 Å². The van der Waals surface area contributed by atoms with E-state index in [1.165, 1.54) is 12.1 Å². The Morgan fingerprint density at radius 3 is 2.62 bits per heavy atom. The van der Waals surface area contributed by atoms with Crippen LogP contribution in [0.5, 0.6) is 11.5 Å². The van der Waals surface area contributed by atoms with Crippen molar-refractivity contribution < 1.29 is 29.3 Å². The van der Waals surface area contributed by atoms with Gasteiger partial charge in [0, 0.05) is 12.1 Å². The van der Waals surface area contributed by atoms with E-state index >= 15 is 0 Å². The van der Waals surface area contributed by atoms with Gasteiger partial charge >= 0.3 is 12.0 Å². The lowest BCUT2D eigenvalue weighted by Gasteiger charge is -2.34. The molecule has 0 saturated heterocycles. The van der Waals surface area contributed by atoms with E-state index in [9.17, 15) is 24.6 Å². The molecule has 0 aromatic heterocycles. The molecule has 0 heterocycles. The number of benzene rings is 1. The Hall–Kier alpha value is -2.77. The summed E-state index contributed by atoms with van der Waals surface area (Å²) in [7, 11) is 0. The van der Waals surface area contributed by atoms with Crippen LogP contribution in [-0.4, -0.2) is 40.8 Å². The third-order valence-corrected chi connectivity index (χ3v) is 4.81. The van der Waals surface area contributed by atoms with Crippen molar-refractivity contribution in [2.75, 3.05) is 6.61 Å². The number of carbonyl (C=O) groups is 3. The van der Waals surface area contributed by atoms with Crippen molar-refractivity contribution >= 4 is 17.9 Å².